The van der Waals surface area contributed by atoms with Crippen LogP contribution in [0.5, 0.6) is 0 Å². The van der Waals surface area contributed by atoms with Crippen LogP contribution in [0.2, 0.25) is 0 Å². The summed E-state index contributed by atoms with van der Waals surface area (Å²) in [6.45, 7) is 1.05. The number of imide groups is 2. The Bertz CT molecular complexity index is 548. The van der Waals surface area contributed by atoms with Gasteiger partial charge in [0.15, 0.2) is 0 Å². The molecule has 2 fully saturated rings. The summed E-state index contributed by atoms with van der Waals surface area (Å²) in [5.74, 6) is -2.54. The Kier molecular flexibility index (Phi) is 3.21. The molecule has 1 aliphatic heterocycles. The first-order chi connectivity index (χ1) is 9.30. The zero-order chi connectivity index (χ0) is 15.1. The van der Waals surface area contributed by atoms with Gasteiger partial charge in [-0.1, -0.05) is 0 Å². The molecule has 1 saturated heterocycles. The van der Waals surface area contributed by atoms with Crippen LogP contribution in [0.4, 0.5) is 4.79 Å². The molecule has 2 rings (SSSR count). The van der Waals surface area contributed by atoms with E-state index in [4.69, 9.17) is 5.26 Å². The van der Waals surface area contributed by atoms with Gasteiger partial charge in [-0.15, -0.1) is 0 Å². The maximum absolute atomic E-state index is 11.9. The monoisotopic (exact) mass is 278 g/mol. The lowest BCUT2D eigenvalue weighted by molar-refractivity contribution is -0.143. The summed E-state index contributed by atoms with van der Waals surface area (Å²) in [5, 5.41) is 11.6. The second kappa shape index (κ2) is 4.59. The molecular weight excluding hydrogens is 264 g/mol. The lowest BCUT2D eigenvalue weighted by Crippen LogP contribution is -2.51. The van der Waals surface area contributed by atoms with Crippen molar-refractivity contribution in [1.82, 2.24) is 15.1 Å². The highest BCUT2D eigenvalue weighted by molar-refractivity contribution is 6.44. The number of rotatable bonds is 4. The summed E-state index contributed by atoms with van der Waals surface area (Å²) in [6.07, 6.45) is 1.71. The molecule has 5 amide bonds. The highest BCUT2D eigenvalue weighted by Crippen LogP contribution is 2.39. The van der Waals surface area contributed by atoms with Crippen LogP contribution in [0.15, 0.2) is 0 Å². The average molecular weight is 278 g/mol. The molecule has 0 spiro atoms. The van der Waals surface area contributed by atoms with Gasteiger partial charge < -0.3 is 5.32 Å². The molecule has 8 nitrogen and oxygen atoms in total. The maximum Gasteiger partial charge on any atom is 0.334 e. The van der Waals surface area contributed by atoms with Gasteiger partial charge in [-0.3, -0.25) is 19.3 Å². The van der Waals surface area contributed by atoms with E-state index in [2.05, 4.69) is 5.32 Å². The zero-order valence-electron chi connectivity index (χ0n) is 11.2. The third-order valence-electron chi connectivity index (χ3n) is 3.58. The zero-order valence-corrected chi connectivity index (χ0v) is 11.2. The predicted molar refractivity (Wildman–Crippen MR) is 64.8 cm³/mol. The molecule has 0 unspecified atom stereocenters. The summed E-state index contributed by atoms with van der Waals surface area (Å²) in [6, 6.07) is 1.21. The lowest BCUT2D eigenvalue weighted by atomic mass is 9.98. The van der Waals surface area contributed by atoms with E-state index in [1.165, 1.54) is 7.05 Å². The number of carbonyl (C=O) groups excluding carboxylic acids is 4. The Balaban J connectivity index is 2.02. The van der Waals surface area contributed by atoms with E-state index in [0.29, 0.717) is 9.80 Å². The normalized spacial score (nSPS) is 21.8. The smallest absolute Gasteiger partial charge is 0.334 e. The standard InChI is InChI=1S/C12H14N4O4/c1-12(6-13,7-3-4-7)14-8(17)5-16-10(19)9(18)15(2)11(16)20/h7H,3-5H2,1-2H3,(H,14,17)/t12-/m1/s1. The number of carbonyl (C=O) groups is 4. The first kappa shape index (κ1) is 14.0. The Hall–Kier alpha value is -2.43. The van der Waals surface area contributed by atoms with E-state index in [0.717, 1.165) is 12.8 Å². The number of amides is 5. The van der Waals surface area contributed by atoms with Gasteiger partial charge in [0.05, 0.1) is 6.07 Å². The number of likely N-dealkylation sites (N-methyl/N-ethyl adjacent to an activating group) is 1. The average Bonchev–Trinajstić information content (AvgIpc) is 3.23. The van der Waals surface area contributed by atoms with Gasteiger partial charge in [0.25, 0.3) is 0 Å². The van der Waals surface area contributed by atoms with E-state index in [1.807, 2.05) is 6.07 Å². The highest BCUT2D eigenvalue weighted by Gasteiger charge is 2.46. The number of urea groups is 1. The van der Waals surface area contributed by atoms with Crippen molar-refractivity contribution in [2.45, 2.75) is 25.3 Å². The molecule has 0 radical (unpaired) electrons. The van der Waals surface area contributed by atoms with Gasteiger partial charge in [0, 0.05) is 7.05 Å². The summed E-state index contributed by atoms with van der Waals surface area (Å²) in [4.78, 5) is 47.5. The van der Waals surface area contributed by atoms with Gasteiger partial charge in [0.1, 0.15) is 12.1 Å². The van der Waals surface area contributed by atoms with Crippen LogP contribution >= 0.6 is 0 Å². The van der Waals surface area contributed by atoms with E-state index >= 15 is 0 Å². The summed E-state index contributed by atoms with van der Waals surface area (Å²) >= 11 is 0. The Morgan fingerprint density at radius 3 is 2.40 bits per heavy atom. The molecule has 1 atom stereocenters. The quantitative estimate of drug-likeness (QED) is 0.535. The molecule has 20 heavy (non-hydrogen) atoms. The van der Waals surface area contributed by atoms with Crippen molar-refractivity contribution < 1.29 is 19.2 Å². The second-order valence-electron chi connectivity index (χ2n) is 5.17. The van der Waals surface area contributed by atoms with Crippen molar-refractivity contribution in [3.8, 4) is 6.07 Å². The third-order valence-corrected chi connectivity index (χ3v) is 3.58. The second-order valence-corrected chi connectivity index (χ2v) is 5.17. The largest absolute Gasteiger partial charge is 0.336 e. The number of nitriles is 1. The van der Waals surface area contributed by atoms with Crippen LogP contribution in [-0.2, 0) is 14.4 Å². The molecule has 1 aliphatic carbocycles. The molecular formula is C12H14N4O4. The third kappa shape index (κ3) is 2.22. The molecule has 8 heteroatoms. The van der Waals surface area contributed by atoms with E-state index in [1.54, 1.807) is 6.92 Å². The predicted octanol–water partition coefficient (Wildman–Crippen LogP) is -0.785. The lowest BCUT2D eigenvalue weighted by Gasteiger charge is -2.23. The molecule has 0 bridgehead atoms. The van der Waals surface area contributed by atoms with Crippen molar-refractivity contribution in [3.05, 3.63) is 0 Å². The van der Waals surface area contributed by atoms with E-state index in [9.17, 15) is 19.2 Å². The SMILES string of the molecule is CN1C(=O)C(=O)N(CC(=O)N[C@](C)(C#N)C2CC2)C1=O. The minimum atomic E-state index is -1.03. The summed E-state index contributed by atoms with van der Waals surface area (Å²) in [5.41, 5.74) is -1.00. The minimum Gasteiger partial charge on any atom is -0.336 e. The van der Waals surface area contributed by atoms with Crippen molar-refractivity contribution in [1.29, 1.82) is 5.26 Å². The van der Waals surface area contributed by atoms with Crippen LogP contribution in [0, 0.1) is 17.2 Å². The first-order valence-corrected chi connectivity index (χ1v) is 6.16. The first-order valence-electron chi connectivity index (χ1n) is 6.16. The number of hydrogen-bond donors (Lipinski definition) is 1. The fraction of sp³-hybridized carbons (Fsp3) is 0.583. The van der Waals surface area contributed by atoms with Crippen LogP contribution in [0.25, 0.3) is 0 Å². The molecule has 0 aromatic rings. The number of nitrogens with one attached hydrogen (secondary N) is 1. The van der Waals surface area contributed by atoms with Crippen LogP contribution < -0.4 is 5.32 Å². The van der Waals surface area contributed by atoms with Crippen molar-refractivity contribution in [3.63, 3.8) is 0 Å². The van der Waals surface area contributed by atoms with Crippen LogP contribution in [0.3, 0.4) is 0 Å². The molecule has 106 valence electrons. The minimum absolute atomic E-state index is 0.0886. The van der Waals surface area contributed by atoms with E-state index < -0.39 is 35.8 Å². The molecule has 0 aromatic heterocycles. The Morgan fingerprint density at radius 1 is 1.40 bits per heavy atom. The van der Waals surface area contributed by atoms with Gasteiger partial charge in [-0.25, -0.2) is 9.69 Å². The van der Waals surface area contributed by atoms with Gasteiger partial charge in [0.2, 0.25) is 5.91 Å². The molecule has 1 saturated carbocycles. The molecule has 1 N–H and O–H groups in total. The fourth-order valence-electron chi connectivity index (χ4n) is 2.11. The van der Waals surface area contributed by atoms with Crippen molar-refractivity contribution >= 4 is 23.8 Å². The Morgan fingerprint density at radius 2 is 2.00 bits per heavy atom. The van der Waals surface area contributed by atoms with E-state index in [-0.39, 0.29) is 5.92 Å². The topological polar surface area (TPSA) is 111 Å². The van der Waals surface area contributed by atoms with Gasteiger partial charge >= 0.3 is 17.8 Å². The molecule has 2 aliphatic rings. The molecule has 0 aromatic carbocycles. The molecule has 1 heterocycles. The van der Waals surface area contributed by atoms with Gasteiger partial charge in [-0.2, -0.15) is 5.26 Å². The number of nitrogens with zero attached hydrogens (tertiary/aromatic N) is 3. The maximum atomic E-state index is 11.9. The Labute approximate surface area is 115 Å². The summed E-state index contributed by atoms with van der Waals surface area (Å²) in [7, 11) is 1.17. The number of hydrogen-bond acceptors (Lipinski definition) is 5. The van der Waals surface area contributed by atoms with Crippen LogP contribution in [-0.4, -0.2) is 52.7 Å². The fourth-order valence-corrected chi connectivity index (χ4v) is 2.11. The van der Waals surface area contributed by atoms with Crippen molar-refractivity contribution in [2.75, 3.05) is 13.6 Å². The van der Waals surface area contributed by atoms with Crippen molar-refractivity contribution in [2.24, 2.45) is 5.92 Å². The van der Waals surface area contributed by atoms with Crippen LogP contribution in [0.1, 0.15) is 19.8 Å². The summed E-state index contributed by atoms with van der Waals surface area (Å²) < 4.78 is 0. The highest BCUT2D eigenvalue weighted by atomic mass is 16.2. The van der Waals surface area contributed by atoms with Gasteiger partial charge in [-0.05, 0) is 25.7 Å².